The first-order valence-electron chi connectivity index (χ1n) is 18.3. The van der Waals surface area contributed by atoms with Gasteiger partial charge in [0.15, 0.2) is 0 Å². The number of anilines is 1. The van der Waals surface area contributed by atoms with Gasteiger partial charge in [-0.05, 0) is 67.5 Å². The summed E-state index contributed by atoms with van der Waals surface area (Å²) in [4.78, 5) is 61.8. The molecule has 1 N–H and O–H groups in total. The Morgan fingerprint density at radius 2 is 1.77 bits per heavy atom. The highest BCUT2D eigenvalue weighted by molar-refractivity contribution is 6.05. The molecule has 3 aliphatic rings. The first-order chi connectivity index (χ1) is 25.2. The number of nitrogens with zero attached hydrogens (tertiary/aromatic N) is 3. The number of hydrogen-bond donors (Lipinski definition) is 1. The molecule has 6 rings (SSSR count). The van der Waals surface area contributed by atoms with Crippen molar-refractivity contribution in [3.63, 3.8) is 0 Å². The summed E-state index contributed by atoms with van der Waals surface area (Å²) in [6, 6.07) is 21.5. The Hall–Kier alpha value is -4.80. The van der Waals surface area contributed by atoms with Crippen LogP contribution in [0.1, 0.15) is 57.1 Å². The van der Waals surface area contributed by atoms with Gasteiger partial charge in [0.2, 0.25) is 11.8 Å². The Bertz CT molecular complexity index is 1810. The number of fused-ring (bicyclic) bond motifs is 2. The van der Waals surface area contributed by atoms with Gasteiger partial charge in [-0.25, -0.2) is 0 Å². The fourth-order valence-electron chi connectivity index (χ4n) is 8.40. The topological polar surface area (TPSA) is 117 Å². The second-order valence-electron chi connectivity index (χ2n) is 14.1. The van der Waals surface area contributed by atoms with Gasteiger partial charge in [-0.2, -0.15) is 0 Å². The number of rotatable bonds is 16. The monoisotopic (exact) mass is 707 g/mol. The minimum absolute atomic E-state index is 0.0496. The van der Waals surface area contributed by atoms with Crippen molar-refractivity contribution >= 4 is 40.2 Å². The lowest BCUT2D eigenvalue weighted by molar-refractivity contribution is -0.164. The smallest absolute Gasteiger partial charge is 0.313 e. The summed E-state index contributed by atoms with van der Waals surface area (Å²) in [7, 11) is 1.70. The van der Waals surface area contributed by atoms with Crippen LogP contribution < -0.4 is 4.90 Å². The first kappa shape index (κ1) is 37.0. The number of amides is 3. The normalized spacial score (nSPS) is 24.3. The zero-order valence-electron chi connectivity index (χ0n) is 30.1. The van der Waals surface area contributed by atoms with Crippen LogP contribution >= 0.6 is 0 Å². The number of ether oxygens (including phenoxy) is 2. The molecule has 7 atom stereocenters. The SMILES string of the molecule is C=CCCC(=O)N(C)[C@H](C)[C@H](OC(=O)[C@@H]1[C@H]2C(=O)N(CCCCO)[C@H](C(=O)N(CC=C)c3ccc4ccccc4c3)[C@]23CC[C@H]1O3)c1ccccc1. The van der Waals surface area contributed by atoms with Gasteiger partial charge in [-0.3, -0.25) is 19.2 Å². The van der Waals surface area contributed by atoms with Crippen LogP contribution in [-0.2, 0) is 28.7 Å². The van der Waals surface area contributed by atoms with Crippen LogP contribution in [0.5, 0.6) is 0 Å². The lowest BCUT2D eigenvalue weighted by atomic mass is 9.70. The summed E-state index contributed by atoms with van der Waals surface area (Å²) in [5.74, 6) is -3.18. The van der Waals surface area contributed by atoms with E-state index in [-0.39, 0.29) is 43.8 Å². The third-order valence-electron chi connectivity index (χ3n) is 11.1. The summed E-state index contributed by atoms with van der Waals surface area (Å²) in [5, 5.41) is 11.6. The van der Waals surface area contributed by atoms with Crippen LogP contribution in [0.15, 0.2) is 98.1 Å². The largest absolute Gasteiger partial charge is 0.455 e. The van der Waals surface area contributed by atoms with E-state index in [1.165, 1.54) is 0 Å². The van der Waals surface area contributed by atoms with E-state index in [0.29, 0.717) is 37.8 Å². The van der Waals surface area contributed by atoms with Gasteiger partial charge in [0.1, 0.15) is 17.7 Å². The molecule has 52 heavy (non-hydrogen) atoms. The van der Waals surface area contributed by atoms with Crippen LogP contribution in [0.3, 0.4) is 0 Å². The molecule has 0 aliphatic carbocycles. The Morgan fingerprint density at radius 3 is 2.48 bits per heavy atom. The molecule has 3 aliphatic heterocycles. The lowest BCUT2D eigenvalue weighted by Crippen LogP contribution is -2.56. The highest BCUT2D eigenvalue weighted by Gasteiger charge is 2.75. The summed E-state index contributed by atoms with van der Waals surface area (Å²) >= 11 is 0. The number of likely N-dealkylation sites (N-methyl/N-ethyl adjacent to an activating group) is 1. The fraction of sp³-hybridized carbons (Fsp3) is 0.429. The maximum absolute atomic E-state index is 14.9. The number of likely N-dealkylation sites (tertiary alicyclic amines) is 1. The lowest BCUT2D eigenvalue weighted by Gasteiger charge is -2.37. The van der Waals surface area contributed by atoms with E-state index in [1.807, 2.05) is 79.7 Å². The second kappa shape index (κ2) is 15.8. The number of allylic oxidation sites excluding steroid dienone is 1. The quantitative estimate of drug-likeness (QED) is 0.117. The van der Waals surface area contributed by atoms with Gasteiger partial charge in [-0.1, -0.05) is 72.8 Å². The van der Waals surface area contributed by atoms with Crippen molar-refractivity contribution in [3.8, 4) is 0 Å². The second-order valence-corrected chi connectivity index (χ2v) is 14.1. The molecule has 3 aromatic rings. The highest BCUT2D eigenvalue weighted by Crippen LogP contribution is 2.59. The van der Waals surface area contributed by atoms with Gasteiger partial charge >= 0.3 is 5.97 Å². The van der Waals surface area contributed by atoms with Crippen molar-refractivity contribution < 1.29 is 33.8 Å². The van der Waals surface area contributed by atoms with Gasteiger partial charge in [0.05, 0.1) is 24.0 Å². The molecule has 3 saturated heterocycles. The Balaban J connectivity index is 1.33. The summed E-state index contributed by atoms with van der Waals surface area (Å²) in [6.07, 6.45) is 4.59. The zero-order chi connectivity index (χ0) is 37.0. The Labute approximate surface area is 305 Å². The maximum atomic E-state index is 14.9. The summed E-state index contributed by atoms with van der Waals surface area (Å²) < 4.78 is 13.1. The van der Waals surface area contributed by atoms with Gasteiger partial charge in [0.25, 0.3) is 5.91 Å². The van der Waals surface area contributed by atoms with Crippen molar-refractivity contribution in [2.75, 3.05) is 31.6 Å². The van der Waals surface area contributed by atoms with E-state index in [4.69, 9.17) is 9.47 Å². The molecular weight excluding hydrogens is 658 g/mol. The summed E-state index contributed by atoms with van der Waals surface area (Å²) in [6.45, 7) is 9.86. The molecule has 274 valence electrons. The molecule has 0 aromatic heterocycles. The van der Waals surface area contributed by atoms with Crippen molar-refractivity contribution in [1.29, 1.82) is 0 Å². The van der Waals surface area contributed by atoms with Crippen LogP contribution in [0, 0.1) is 11.8 Å². The van der Waals surface area contributed by atoms with Crippen LogP contribution in [0.4, 0.5) is 5.69 Å². The van der Waals surface area contributed by atoms with Crippen LogP contribution in [0.2, 0.25) is 0 Å². The number of carbonyl (C=O) groups excluding carboxylic acids is 4. The molecule has 1 spiro atoms. The minimum Gasteiger partial charge on any atom is -0.455 e. The molecule has 3 fully saturated rings. The molecule has 2 bridgehead atoms. The number of aliphatic hydroxyl groups excluding tert-OH is 1. The molecule has 3 aromatic carbocycles. The predicted molar refractivity (Wildman–Crippen MR) is 199 cm³/mol. The Kier molecular flexibility index (Phi) is 11.3. The highest BCUT2D eigenvalue weighted by atomic mass is 16.6. The zero-order valence-corrected chi connectivity index (χ0v) is 30.1. The number of unbranched alkanes of at least 4 members (excludes halogenated alkanes) is 1. The number of hydrogen-bond acceptors (Lipinski definition) is 7. The maximum Gasteiger partial charge on any atom is 0.313 e. The first-order valence-corrected chi connectivity index (χ1v) is 18.3. The molecular formula is C42H49N3O7. The van der Waals surface area contributed by atoms with E-state index in [9.17, 15) is 24.3 Å². The third-order valence-corrected chi connectivity index (χ3v) is 11.1. The van der Waals surface area contributed by atoms with Gasteiger partial charge < -0.3 is 29.3 Å². The Morgan fingerprint density at radius 1 is 1.04 bits per heavy atom. The third kappa shape index (κ3) is 6.77. The molecule has 10 heteroatoms. The average Bonchev–Trinajstić information content (AvgIpc) is 3.81. The van der Waals surface area contributed by atoms with Crippen molar-refractivity contribution in [3.05, 3.63) is 104 Å². The predicted octanol–water partition coefficient (Wildman–Crippen LogP) is 5.60. The number of carbonyl (C=O) groups is 4. The van der Waals surface area contributed by atoms with E-state index in [1.54, 1.807) is 33.9 Å². The van der Waals surface area contributed by atoms with Gasteiger partial charge in [0, 0.05) is 38.9 Å². The minimum atomic E-state index is -1.23. The molecule has 10 nitrogen and oxygen atoms in total. The van der Waals surface area contributed by atoms with Crippen LogP contribution in [0.25, 0.3) is 10.8 Å². The van der Waals surface area contributed by atoms with Crippen LogP contribution in [-0.4, -0.2) is 89.1 Å². The summed E-state index contributed by atoms with van der Waals surface area (Å²) in [5.41, 5.74) is 0.155. The van der Waals surface area contributed by atoms with E-state index >= 15 is 0 Å². The van der Waals surface area contributed by atoms with Crippen molar-refractivity contribution in [1.82, 2.24) is 9.80 Å². The number of aliphatic hydroxyl groups is 1. The molecule has 0 radical (unpaired) electrons. The standard InChI is InChI=1S/C42H49N3O7/c1-5-7-19-34(47)43(4)28(3)37(30-16-9-8-10-17-30)51-41(50)35-33-22-23-42(52-33)36(35)39(48)45(25-13-14-26-46)38(42)40(49)44(24-6-2)32-21-20-29-15-11-12-18-31(29)27-32/h5-6,8-12,15-18,20-21,27-28,33,35-38,46H,1-2,7,13-14,19,22-26H2,3-4H3/t28-,33-,35+,36+,37+,38-,42+/m1/s1. The molecule has 0 unspecified atom stereocenters. The molecule has 3 heterocycles. The fourth-order valence-corrected chi connectivity index (χ4v) is 8.40. The van der Waals surface area contributed by atoms with Gasteiger partial charge in [-0.15, -0.1) is 13.2 Å². The average molecular weight is 708 g/mol. The molecule has 3 amide bonds. The number of benzene rings is 3. The van der Waals surface area contributed by atoms with Crippen molar-refractivity contribution in [2.24, 2.45) is 11.8 Å². The van der Waals surface area contributed by atoms with E-state index in [0.717, 1.165) is 16.3 Å². The van der Waals surface area contributed by atoms with Crippen molar-refractivity contribution in [2.45, 2.75) is 75.3 Å². The molecule has 0 saturated carbocycles. The van der Waals surface area contributed by atoms with E-state index in [2.05, 4.69) is 13.2 Å². The number of esters is 1. The van der Waals surface area contributed by atoms with E-state index < -0.39 is 47.7 Å².